The van der Waals surface area contributed by atoms with E-state index in [2.05, 4.69) is 15.4 Å². The monoisotopic (exact) mass is 611 g/mol. The van der Waals surface area contributed by atoms with E-state index in [1.54, 1.807) is 25.1 Å². The molecule has 0 unspecified atom stereocenters. The summed E-state index contributed by atoms with van der Waals surface area (Å²) >= 11 is 11.9. The predicted molar refractivity (Wildman–Crippen MR) is 155 cm³/mol. The molecule has 5 amide bonds. The van der Waals surface area contributed by atoms with Gasteiger partial charge in [0.2, 0.25) is 0 Å². The van der Waals surface area contributed by atoms with Crippen LogP contribution < -0.4 is 25.0 Å². The highest BCUT2D eigenvalue weighted by Crippen LogP contribution is 2.31. The first-order valence-electron chi connectivity index (χ1n) is 12.4. The summed E-state index contributed by atoms with van der Waals surface area (Å²) in [4.78, 5) is 63.2. The Bertz CT molecular complexity index is 1600. The number of benzene rings is 3. The minimum absolute atomic E-state index is 0.140. The summed E-state index contributed by atoms with van der Waals surface area (Å²) in [6.45, 7) is 1.65. The summed E-state index contributed by atoms with van der Waals surface area (Å²) < 4.78 is 15.9. The Morgan fingerprint density at radius 2 is 1.67 bits per heavy atom. The summed E-state index contributed by atoms with van der Waals surface area (Å²) in [6, 6.07) is 13.8. The lowest BCUT2D eigenvalue weighted by atomic mass is 10.1. The second-order valence-corrected chi connectivity index (χ2v) is 9.42. The maximum Gasteiger partial charge on any atom is 0.337 e. The molecule has 0 atom stereocenters. The second-order valence-electron chi connectivity index (χ2n) is 8.60. The van der Waals surface area contributed by atoms with Gasteiger partial charge in [0.15, 0.2) is 18.1 Å². The zero-order valence-corrected chi connectivity index (χ0v) is 23.7. The zero-order valence-electron chi connectivity index (χ0n) is 22.2. The van der Waals surface area contributed by atoms with E-state index < -0.39 is 29.7 Å². The predicted octanol–water partition coefficient (Wildman–Crippen LogP) is 4.86. The van der Waals surface area contributed by atoms with Crippen LogP contribution in [0, 0.1) is 0 Å². The van der Waals surface area contributed by atoms with Crippen molar-refractivity contribution < 1.29 is 38.2 Å². The fraction of sp³-hybridized carbons (Fsp3) is 0.138. The number of anilines is 2. The highest BCUT2D eigenvalue weighted by atomic mass is 35.5. The van der Waals surface area contributed by atoms with Crippen LogP contribution in [0.1, 0.15) is 22.8 Å². The first kappa shape index (κ1) is 30.1. The molecule has 1 heterocycles. The molecule has 11 nitrogen and oxygen atoms in total. The van der Waals surface area contributed by atoms with Gasteiger partial charge < -0.3 is 19.5 Å². The van der Waals surface area contributed by atoms with Gasteiger partial charge in [-0.15, -0.1) is 0 Å². The lowest BCUT2D eigenvalue weighted by molar-refractivity contribution is -0.122. The molecule has 1 aliphatic rings. The van der Waals surface area contributed by atoms with E-state index in [4.69, 9.17) is 32.7 Å². The quantitative estimate of drug-likeness (QED) is 0.198. The number of hydrogen-bond donors (Lipinski definition) is 2. The average molecular weight is 612 g/mol. The Balaban J connectivity index is 1.52. The number of carbonyl (C=O) groups excluding carboxylic acids is 5. The first-order chi connectivity index (χ1) is 20.1. The van der Waals surface area contributed by atoms with Gasteiger partial charge in [-0.25, -0.2) is 14.5 Å². The Hall–Kier alpha value is -4.87. The number of halogens is 2. The van der Waals surface area contributed by atoms with Gasteiger partial charge in [0.1, 0.15) is 5.57 Å². The van der Waals surface area contributed by atoms with Gasteiger partial charge in [-0.3, -0.25) is 19.7 Å². The molecule has 0 aliphatic carbocycles. The lowest BCUT2D eigenvalue weighted by Crippen LogP contribution is -2.54. The molecule has 0 radical (unpaired) electrons. The van der Waals surface area contributed by atoms with Crippen LogP contribution >= 0.6 is 23.2 Å². The number of barbiturate groups is 1. The summed E-state index contributed by atoms with van der Waals surface area (Å²) in [5.41, 5.74) is 0.869. The van der Waals surface area contributed by atoms with Crippen molar-refractivity contribution in [3.63, 3.8) is 0 Å². The molecular formula is C29H23Cl2N3O8. The van der Waals surface area contributed by atoms with Crippen LogP contribution in [0.2, 0.25) is 10.0 Å². The molecule has 1 aliphatic heterocycles. The smallest absolute Gasteiger partial charge is 0.337 e. The number of nitrogens with zero attached hydrogens (tertiary/aromatic N) is 1. The van der Waals surface area contributed by atoms with Crippen molar-refractivity contribution in [1.29, 1.82) is 0 Å². The number of rotatable bonds is 9. The van der Waals surface area contributed by atoms with Crippen LogP contribution in [0.3, 0.4) is 0 Å². The second kappa shape index (κ2) is 13.2. The van der Waals surface area contributed by atoms with Crippen LogP contribution in [-0.4, -0.2) is 50.0 Å². The Labute approximate surface area is 249 Å². The molecule has 0 spiro atoms. The fourth-order valence-corrected chi connectivity index (χ4v) is 4.14. The highest BCUT2D eigenvalue weighted by molar-refractivity contribution is 6.42. The number of hydrogen-bond acceptors (Lipinski definition) is 8. The number of methoxy groups -OCH3 is 1. The van der Waals surface area contributed by atoms with E-state index in [-0.39, 0.29) is 46.6 Å². The van der Waals surface area contributed by atoms with Crippen LogP contribution in [0.4, 0.5) is 16.2 Å². The Morgan fingerprint density at radius 3 is 2.33 bits per heavy atom. The number of imide groups is 2. The molecule has 0 aromatic heterocycles. The van der Waals surface area contributed by atoms with E-state index >= 15 is 0 Å². The number of carbonyl (C=O) groups is 5. The molecule has 13 heteroatoms. The van der Waals surface area contributed by atoms with Crippen molar-refractivity contribution in [3.05, 3.63) is 87.4 Å². The maximum absolute atomic E-state index is 13.2. The minimum atomic E-state index is -0.939. The largest absolute Gasteiger partial charge is 0.490 e. The molecule has 3 aromatic carbocycles. The van der Waals surface area contributed by atoms with Crippen LogP contribution in [0.25, 0.3) is 6.08 Å². The third-order valence-electron chi connectivity index (χ3n) is 5.79. The highest BCUT2D eigenvalue weighted by Gasteiger charge is 2.37. The van der Waals surface area contributed by atoms with Crippen molar-refractivity contribution in [2.75, 3.05) is 30.5 Å². The third kappa shape index (κ3) is 6.88. The standard InChI is InChI=1S/C29H23Cl2N3O8/c1-3-41-24-13-16(4-11-23(24)42-15-25(35)32-18-7-10-21(30)22(31)14-18)12-20-26(36)33-29(39)34(27(20)37)19-8-5-17(6-9-19)28(38)40-2/h4-14H,3,15H2,1-2H3,(H,32,35)(H,33,36,39)/b20-12-. The van der Waals surface area contributed by atoms with Crippen LogP contribution in [-0.2, 0) is 19.1 Å². The molecule has 4 rings (SSSR count). The number of urea groups is 1. The number of esters is 1. The summed E-state index contributed by atoms with van der Waals surface area (Å²) in [5, 5.41) is 5.42. The normalized spacial score (nSPS) is 14.0. The molecule has 216 valence electrons. The first-order valence-corrected chi connectivity index (χ1v) is 13.1. The molecule has 0 saturated carbocycles. The van der Waals surface area contributed by atoms with Crippen molar-refractivity contribution in [2.45, 2.75) is 6.92 Å². The number of ether oxygens (including phenoxy) is 3. The number of nitrogens with one attached hydrogen (secondary N) is 2. The van der Waals surface area contributed by atoms with E-state index in [0.717, 1.165) is 4.90 Å². The third-order valence-corrected chi connectivity index (χ3v) is 6.53. The van der Waals surface area contributed by atoms with Gasteiger partial charge in [-0.2, -0.15) is 0 Å². The summed E-state index contributed by atoms with van der Waals surface area (Å²) in [7, 11) is 1.23. The molecule has 3 aromatic rings. The summed E-state index contributed by atoms with van der Waals surface area (Å²) in [6.07, 6.45) is 1.29. The summed E-state index contributed by atoms with van der Waals surface area (Å²) in [5.74, 6) is -2.31. The van der Waals surface area contributed by atoms with Gasteiger partial charge in [0, 0.05) is 5.69 Å². The van der Waals surface area contributed by atoms with Gasteiger partial charge in [0.25, 0.3) is 17.7 Å². The van der Waals surface area contributed by atoms with E-state index in [1.807, 2.05) is 0 Å². The van der Waals surface area contributed by atoms with Crippen molar-refractivity contribution in [1.82, 2.24) is 5.32 Å². The van der Waals surface area contributed by atoms with Gasteiger partial charge in [-0.05, 0) is 73.2 Å². The van der Waals surface area contributed by atoms with Gasteiger partial charge >= 0.3 is 12.0 Å². The molecule has 1 saturated heterocycles. The van der Waals surface area contributed by atoms with E-state index in [1.165, 1.54) is 55.7 Å². The fourth-order valence-electron chi connectivity index (χ4n) is 3.84. The maximum atomic E-state index is 13.2. The van der Waals surface area contributed by atoms with Crippen molar-refractivity contribution in [3.8, 4) is 11.5 Å². The van der Waals surface area contributed by atoms with Crippen molar-refractivity contribution in [2.24, 2.45) is 0 Å². The van der Waals surface area contributed by atoms with Crippen LogP contribution in [0.5, 0.6) is 11.5 Å². The van der Waals surface area contributed by atoms with E-state index in [9.17, 15) is 24.0 Å². The van der Waals surface area contributed by atoms with Crippen molar-refractivity contribution >= 4 is 70.4 Å². The minimum Gasteiger partial charge on any atom is -0.490 e. The average Bonchev–Trinajstić information content (AvgIpc) is 2.96. The van der Waals surface area contributed by atoms with Crippen LogP contribution in [0.15, 0.2) is 66.2 Å². The lowest BCUT2D eigenvalue weighted by Gasteiger charge is -2.26. The molecule has 2 N–H and O–H groups in total. The molecule has 0 bridgehead atoms. The Morgan fingerprint density at radius 1 is 0.929 bits per heavy atom. The topological polar surface area (TPSA) is 140 Å². The SMILES string of the molecule is CCOc1cc(/C=C2/C(=O)NC(=O)N(c3ccc(C(=O)OC)cc3)C2=O)ccc1OCC(=O)Nc1ccc(Cl)c(Cl)c1. The Kier molecular flexibility index (Phi) is 9.46. The van der Waals surface area contributed by atoms with Gasteiger partial charge in [0.05, 0.1) is 35.0 Å². The van der Waals surface area contributed by atoms with E-state index in [0.29, 0.717) is 16.3 Å². The molecular weight excluding hydrogens is 589 g/mol. The molecule has 1 fully saturated rings. The van der Waals surface area contributed by atoms with Gasteiger partial charge in [-0.1, -0.05) is 29.3 Å². The number of amides is 5. The zero-order chi connectivity index (χ0) is 30.4. The molecule has 42 heavy (non-hydrogen) atoms.